The van der Waals surface area contributed by atoms with Crippen molar-refractivity contribution in [3.8, 4) is 0 Å². The molecule has 0 aromatic carbocycles. The number of anilines is 1. The van der Waals surface area contributed by atoms with Gasteiger partial charge in [0.1, 0.15) is 10.4 Å². The average molecular weight is 289 g/mol. The van der Waals surface area contributed by atoms with Crippen molar-refractivity contribution in [3.63, 3.8) is 0 Å². The molecular formula is C15H19N3OS. The number of pyridine rings is 1. The SMILES string of the molecule is CCC1CCCCN1C(=O)c1sc2cccnc2c1N. The number of amides is 1. The standard InChI is InChI=1S/C15H19N3OS/c1-2-10-6-3-4-9-18(10)15(19)14-12(16)13-11(20-14)7-5-8-17-13/h5,7-8,10H,2-4,6,9,16H2,1H3. The molecule has 0 aliphatic carbocycles. The Morgan fingerprint density at radius 1 is 1.55 bits per heavy atom. The van der Waals surface area contributed by atoms with Gasteiger partial charge < -0.3 is 10.6 Å². The van der Waals surface area contributed by atoms with Crippen molar-refractivity contribution in [3.05, 3.63) is 23.2 Å². The number of aromatic nitrogens is 1. The predicted molar refractivity (Wildman–Crippen MR) is 83.0 cm³/mol. The number of carbonyl (C=O) groups excluding carboxylic acids is 1. The number of fused-ring (bicyclic) bond motifs is 1. The number of carbonyl (C=O) groups is 1. The quantitative estimate of drug-likeness (QED) is 0.923. The maximum Gasteiger partial charge on any atom is 0.266 e. The molecule has 2 N–H and O–H groups in total. The third-order valence-corrected chi connectivity index (χ3v) is 5.18. The van der Waals surface area contributed by atoms with Crippen LogP contribution in [-0.4, -0.2) is 28.4 Å². The van der Waals surface area contributed by atoms with Crippen LogP contribution >= 0.6 is 11.3 Å². The van der Waals surface area contributed by atoms with E-state index in [0.717, 1.165) is 36.0 Å². The summed E-state index contributed by atoms with van der Waals surface area (Å²) in [6, 6.07) is 4.20. The molecule has 0 radical (unpaired) electrons. The van der Waals surface area contributed by atoms with Gasteiger partial charge in [0.25, 0.3) is 5.91 Å². The number of nitrogen functional groups attached to an aromatic ring is 1. The fourth-order valence-electron chi connectivity index (χ4n) is 2.93. The topological polar surface area (TPSA) is 59.2 Å². The summed E-state index contributed by atoms with van der Waals surface area (Å²) in [5, 5.41) is 0. The summed E-state index contributed by atoms with van der Waals surface area (Å²) in [5.74, 6) is 0.0806. The van der Waals surface area contributed by atoms with Crippen molar-refractivity contribution in [1.82, 2.24) is 9.88 Å². The maximum atomic E-state index is 12.8. The average Bonchev–Trinajstić information content (AvgIpc) is 2.84. The van der Waals surface area contributed by atoms with Gasteiger partial charge in [-0.2, -0.15) is 0 Å². The van der Waals surface area contributed by atoms with Crippen molar-refractivity contribution in [2.75, 3.05) is 12.3 Å². The summed E-state index contributed by atoms with van der Waals surface area (Å²) >= 11 is 1.46. The van der Waals surface area contributed by atoms with E-state index in [9.17, 15) is 4.79 Å². The summed E-state index contributed by atoms with van der Waals surface area (Å²) in [6.45, 7) is 2.99. The zero-order chi connectivity index (χ0) is 14.1. The third-order valence-electron chi connectivity index (χ3n) is 4.04. The number of thiophene rings is 1. The van der Waals surface area contributed by atoms with Crippen LogP contribution in [0.25, 0.3) is 10.2 Å². The summed E-state index contributed by atoms with van der Waals surface area (Å²) in [7, 11) is 0. The van der Waals surface area contributed by atoms with Gasteiger partial charge in [-0.15, -0.1) is 11.3 Å². The number of hydrogen-bond donors (Lipinski definition) is 1. The minimum absolute atomic E-state index is 0.0806. The van der Waals surface area contributed by atoms with Crippen LogP contribution in [0.4, 0.5) is 5.69 Å². The fourth-order valence-corrected chi connectivity index (χ4v) is 3.97. The Kier molecular flexibility index (Phi) is 3.61. The van der Waals surface area contributed by atoms with E-state index in [0.29, 0.717) is 16.6 Å². The van der Waals surface area contributed by atoms with Crippen LogP contribution in [0.15, 0.2) is 18.3 Å². The molecule has 0 bridgehead atoms. The first kappa shape index (κ1) is 13.4. The Labute approximate surface area is 122 Å². The Morgan fingerprint density at radius 3 is 3.15 bits per heavy atom. The van der Waals surface area contributed by atoms with Crippen molar-refractivity contribution in [2.45, 2.75) is 38.6 Å². The second kappa shape index (κ2) is 5.40. The molecule has 0 saturated carbocycles. The minimum Gasteiger partial charge on any atom is -0.396 e. The van der Waals surface area contributed by atoms with Crippen LogP contribution in [0.3, 0.4) is 0 Å². The molecule has 1 unspecified atom stereocenters. The lowest BCUT2D eigenvalue weighted by Crippen LogP contribution is -2.43. The number of nitrogens with zero attached hydrogens (tertiary/aromatic N) is 2. The lowest BCUT2D eigenvalue weighted by atomic mass is 10.00. The summed E-state index contributed by atoms with van der Waals surface area (Å²) < 4.78 is 0.985. The van der Waals surface area contributed by atoms with Crippen LogP contribution in [-0.2, 0) is 0 Å². The van der Waals surface area contributed by atoms with Crippen molar-refractivity contribution in [1.29, 1.82) is 0 Å². The molecule has 1 saturated heterocycles. The van der Waals surface area contributed by atoms with Crippen LogP contribution in [0.5, 0.6) is 0 Å². The molecule has 20 heavy (non-hydrogen) atoms. The van der Waals surface area contributed by atoms with Crippen molar-refractivity contribution >= 4 is 33.1 Å². The summed E-state index contributed by atoms with van der Waals surface area (Å²) in [4.78, 5) is 19.7. The highest BCUT2D eigenvalue weighted by atomic mass is 32.1. The van der Waals surface area contributed by atoms with Gasteiger partial charge in [-0.25, -0.2) is 0 Å². The van der Waals surface area contributed by atoms with Gasteiger partial charge in [0, 0.05) is 18.8 Å². The van der Waals surface area contributed by atoms with E-state index in [1.807, 2.05) is 17.0 Å². The van der Waals surface area contributed by atoms with Crippen molar-refractivity contribution in [2.24, 2.45) is 0 Å². The number of nitrogens with two attached hydrogens (primary N) is 1. The van der Waals surface area contributed by atoms with Gasteiger partial charge >= 0.3 is 0 Å². The molecule has 0 spiro atoms. The van der Waals surface area contributed by atoms with Crippen LogP contribution < -0.4 is 5.73 Å². The van der Waals surface area contributed by atoms with E-state index in [-0.39, 0.29) is 5.91 Å². The molecule has 4 nitrogen and oxygen atoms in total. The number of rotatable bonds is 2. The predicted octanol–water partition coefficient (Wildman–Crippen LogP) is 3.28. The second-order valence-corrected chi connectivity index (χ2v) is 6.30. The first-order valence-electron chi connectivity index (χ1n) is 7.16. The number of piperidine rings is 1. The van der Waals surface area contributed by atoms with Gasteiger partial charge in [0.05, 0.1) is 10.4 Å². The number of likely N-dealkylation sites (tertiary alicyclic amines) is 1. The van der Waals surface area contributed by atoms with Gasteiger partial charge in [-0.05, 0) is 37.8 Å². The van der Waals surface area contributed by atoms with E-state index in [4.69, 9.17) is 5.73 Å². The normalized spacial score (nSPS) is 19.4. The molecule has 2 aromatic rings. The van der Waals surface area contributed by atoms with Crippen LogP contribution in [0.2, 0.25) is 0 Å². The fraction of sp³-hybridized carbons (Fsp3) is 0.467. The van der Waals surface area contributed by atoms with E-state index in [1.165, 1.54) is 17.8 Å². The lowest BCUT2D eigenvalue weighted by Gasteiger charge is -2.35. The van der Waals surface area contributed by atoms with Gasteiger partial charge in [-0.1, -0.05) is 6.92 Å². The monoisotopic (exact) mass is 289 g/mol. The van der Waals surface area contributed by atoms with Crippen LogP contribution in [0.1, 0.15) is 42.3 Å². The maximum absolute atomic E-state index is 12.8. The van der Waals surface area contributed by atoms with Gasteiger partial charge in [0.15, 0.2) is 0 Å². The molecule has 3 rings (SSSR count). The number of hydrogen-bond acceptors (Lipinski definition) is 4. The van der Waals surface area contributed by atoms with Crippen molar-refractivity contribution < 1.29 is 4.79 Å². The smallest absolute Gasteiger partial charge is 0.266 e. The van der Waals surface area contributed by atoms with Gasteiger partial charge in [-0.3, -0.25) is 9.78 Å². The molecule has 5 heteroatoms. The third kappa shape index (κ3) is 2.16. The van der Waals surface area contributed by atoms with E-state index in [1.54, 1.807) is 6.20 Å². The highest BCUT2D eigenvalue weighted by Gasteiger charge is 2.29. The lowest BCUT2D eigenvalue weighted by molar-refractivity contribution is 0.0614. The molecule has 1 amide bonds. The van der Waals surface area contributed by atoms with Gasteiger partial charge in [0.2, 0.25) is 0 Å². The van der Waals surface area contributed by atoms with E-state index < -0.39 is 0 Å². The molecule has 1 aliphatic rings. The largest absolute Gasteiger partial charge is 0.396 e. The zero-order valence-electron chi connectivity index (χ0n) is 11.6. The molecule has 2 aromatic heterocycles. The highest BCUT2D eigenvalue weighted by molar-refractivity contribution is 7.21. The molecule has 1 aliphatic heterocycles. The Bertz CT molecular complexity index is 637. The molecule has 3 heterocycles. The molecular weight excluding hydrogens is 270 g/mol. The second-order valence-electron chi connectivity index (χ2n) is 5.25. The molecule has 1 fully saturated rings. The zero-order valence-corrected chi connectivity index (χ0v) is 12.4. The van der Waals surface area contributed by atoms with E-state index >= 15 is 0 Å². The highest BCUT2D eigenvalue weighted by Crippen LogP contribution is 2.34. The first-order valence-corrected chi connectivity index (χ1v) is 7.98. The molecule has 106 valence electrons. The minimum atomic E-state index is 0.0806. The molecule has 1 atom stereocenters. The Morgan fingerprint density at radius 2 is 2.40 bits per heavy atom. The first-order chi connectivity index (χ1) is 9.72. The Hall–Kier alpha value is -1.62. The van der Waals surface area contributed by atoms with Crippen LogP contribution in [0, 0.1) is 0 Å². The van der Waals surface area contributed by atoms with E-state index in [2.05, 4.69) is 11.9 Å². The summed E-state index contributed by atoms with van der Waals surface area (Å²) in [6.07, 6.45) is 6.13. The Balaban J connectivity index is 1.97. The summed E-state index contributed by atoms with van der Waals surface area (Å²) in [5.41, 5.74) is 7.43.